The maximum absolute atomic E-state index is 9.62. The van der Waals surface area contributed by atoms with Crippen LogP contribution in [-0.2, 0) is 19.3 Å². The molecule has 26 heavy (non-hydrogen) atoms. The molecule has 0 aromatic heterocycles. The lowest BCUT2D eigenvalue weighted by atomic mass is 9.87. The fourth-order valence-electron chi connectivity index (χ4n) is 3.62. The van der Waals surface area contributed by atoms with Gasteiger partial charge in [-0.05, 0) is 73.7 Å². The van der Waals surface area contributed by atoms with Gasteiger partial charge in [0.15, 0.2) is 11.5 Å². The van der Waals surface area contributed by atoms with Crippen LogP contribution in [0.1, 0.15) is 23.1 Å². The van der Waals surface area contributed by atoms with Gasteiger partial charge >= 0.3 is 0 Å². The maximum atomic E-state index is 9.62. The molecule has 0 aliphatic heterocycles. The summed E-state index contributed by atoms with van der Waals surface area (Å²) in [5.41, 5.74) is 3.92. The molecule has 0 radical (unpaired) electrons. The number of aromatic hydroxyl groups is 1. The van der Waals surface area contributed by atoms with Crippen molar-refractivity contribution < 1.29 is 14.6 Å². The highest BCUT2D eigenvalue weighted by molar-refractivity contribution is 5.85. The molecule has 0 fully saturated rings. The first-order chi connectivity index (χ1) is 12.1. The number of rotatable bonds is 6. The molecule has 5 heteroatoms. The average molecular weight is 378 g/mol. The molecule has 2 aromatic carbocycles. The van der Waals surface area contributed by atoms with Gasteiger partial charge in [0, 0.05) is 12.6 Å². The van der Waals surface area contributed by atoms with E-state index >= 15 is 0 Å². The number of halogens is 1. The van der Waals surface area contributed by atoms with Gasteiger partial charge in [0.05, 0.1) is 14.2 Å². The zero-order valence-electron chi connectivity index (χ0n) is 15.7. The smallest absolute Gasteiger partial charge is 0.160 e. The summed E-state index contributed by atoms with van der Waals surface area (Å²) >= 11 is 0. The SMILES string of the molecule is COc1ccc(CCN(C)C2CCc3cc(O)ccc3C2)cc1OC.Cl. The Labute approximate surface area is 162 Å². The van der Waals surface area contributed by atoms with Gasteiger partial charge < -0.3 is 19.5 Å². The molecule has 3 rings (SSSR count). The number of aryl methyl sites for hydroxylation is 1. The Bertz CT molecular complexity index is 735. The first kappa shape index (κ1) is 20.4. The molecule has 0 amide bonds. The predicted molar refractivity (Wildman–Crippen MR) is 107 cm³/mol. The van der Waals surface area contributed by atoms with Gasteiger partial charge in [-0.2, -0.15) is 0 Å². The molecule has 142 valence electrons. The molecule has 1 aliphatic carbocycles. The van der Waals surface area contributed by atoms with Crippen molar-refractivity contribution in [2.24, 2.45) is 0 Å². The van der Waals surface area contributed by atoms with Crippen LogP contribution in [0.15, 0.2) is 36.4 Å². The Morgan fingerprint density at radius 3 is 2.54 bits per heavy atom. The molecule has 0 saturated heterocycles. The van der Waals surface area contributed by atoms with E-state index in [1.54, 1.807) is 20.3 Å². The number of nitrogens with zero attached hydrogens (tertiary/aromatic N) is 1. The van der Waals surface area contributed by atoms with Gasteiger partial charge in [-0.25, -0.2) is 0 Å². The van der Waals surface area contributed by atoms with E-state index in [0.29, 0.717) is 11.8 Å². The number of hydrogen-bond acceptors (Lipinski definition) is 4. The minimum absolute atomic E-state index is 0. The van der Waals surface area contributed by atoms with Crippen LogP contribution in [0.5, 0.6) is 17.2 Å². The van der Waals surface area contributed by atoms with E-state index in [1.165, 1.54) is 16.7 Å². The standard InChI is InChI=1S/C21H27NO3.ClH/c1-22(11-10-15-4-9-20(24-2)21(12-15)25-3)18-7-5-17-14-19(23)8-6-16(17)13-18;/h4,6,8-9,12,14,18,23H,5,7,10-11,13H2,1-3H3;1H. The van der Waals surface area contributed by atoms with E-state index < -0.39 is 0 Å². The highest BCUT2D eigenvalue weighted by Gasteiger charge is 2.22. The van der Waals surface area contributed by atoms with Crippen LogP contribution in [-0.4, -0.2) is 43.9 Å². The minimum Gasteiger partial charge on any atom is -0.508 e. The number of fused-ring (bicyclic) bond motifs is 1. The summed E-state index contributed by atoms with van der Waals surface area (Å²) in [6.45, 7) is 1.01. The van der Waals surface area contributed by atoms with Gasteiger partial charge in [-0.15, -0.1) is 12.4 Å². The Kier molecular flexibility index (Phi) is 7.18. The summed E-state index contributed by atoms with van der Waals surface area (Å²) in [5, 5.41) is 9.62. The van der Waals surface area contributed by atoms with Crippen molar-refractivity contribution >= 4 is 12.4 Å². The summed E-state index contributed by atoms with van der Waals surface area (Å²) in [6.07, 6.45) is 4.21. The number of benzene rings is 2. The van der Waals surface area contributed by atoms with E-state index in [9.17, 15) is 5.11 Å². The third kappa shape index (κ3) is 4.63. The van der Waals surface area contributed by atoms with Crippen molar-refractivity contribution in [1.82, 2.24) is 4.90 Å². The van der Waals surface area contributed by atoms with Crippen LogP contribution in [0.3, 0.4) is 0 Å². The summed E-state index contributed by atoms with van der Waals surface area (Å²) < 4.78 is 10.7. The van der Waals surface area contributed by atoms with E-state index in [4.69, 9.17) is 9.47 Å². The summed E-state index contributed by atoms with van der Waals surface area (Å²) in [5.74, 6) is 1.93. The summed E-state index contributed by atoms with van der Waals surface area (Å²) in [6, 6.07) is 12.5. The molecule has 1 unspecified atom stereocenters. The third-order valence-corrected chi connectivity index (χ3v) is 5.22. The molecule has 0 heterocycles. The van der Waals surface area contributed by atoms with Crippen molar-refractivity contribution in [3.8, 4) is 17.2 Å². The van der Waals surface area contributed by atoms with Gasteiger partial charge in [0.25, 0.3) is 0 Å². The first-order valence-corrected chi connectivity index (χ1v) is 8.82. The zero-order chi connectivity index (χ0) is 17.8. The highest BCUT2D eigenvalue weighted by atomic mass is 35.5. The Balaban J connectivity index is 0.00000243. The van der Waals surface area contributed by atoms with Crippen LogP contribution in [0.25, 0.3) is 0 Å². The van der Waals surface area contributed by atoms with E-state index in [2.05, 4.69) is 30.1 Å². The molecule has 4 nitrogen and oxygen atoms in total. The van der Waals surface area contributed by atoms with Crippen molar-refractivity contribution in [3.05, 3.63) is 53.1 Å². The molecular weight excluding hydrogens is 350 g/mol. The molecule has 1 N–H and O–H groups in total. The Morgan fingerprint density at radius 2 is 1.81 bits per heavy atom. The van der Waals surface area contributed by atoms with Crippen molar-refractivity contribution in [2.45, 2.75) is 31.7 Å². The van der Waals surface area contributed by atoms with Crippen LogP contribution in [0, 0.1) is 0 Å². The third-order valence-electron chi connectivity index (χ3n) is 5.22. The second-order valence-corrected chi connectivity index (χ2v) is 6.77. The number of hydrogen-bond donors (Lipinski definition) is 1. The number of phenolic OH excluding ortho intramolecular Hbond substituents is 1. The topological polar surface area (TPSA) is 41.9 Å². The number of phenols is 1. The van der Waals surface area contributed by atoms with E-state index in [-0.39, 0.29) is 12.4 Å². The van der Waals surface area contributed by atoms with Crippen LogP contribution in [0.4, 0.5) is 0 Å². The van der Waals surface area contributed by atoms with Crippen LogP contribution >= 0.6 is 12.4 Å². The second kappa shape index (κ2) is 9.15. The zero-order valence-corrected chi connectivity index (χ0v) is 16.5. The molecule has 0 bridgehead atoms. The maximum Gasteiger partial charge on any atom is 0.160 e. The molecule has 2 aromatic rings. The van der Waals surface area contributed by atoms with Crippen LogP contribution < -0.4 is 9.47 Å². The second-order valence-electron chi connectivity index (χ2n) is 6.77. The normalized spacial score (nSPS) is 15.9. The number of methoxy groups -OCH3 is 2. The average Bonchev–Trinajstić information content (AvgIpc) is 2.65. The summed E-state index contributed by atoms with van der Waals surface area (Å²) in [7, 11) is 5.54. The number of likely N-dealkylation sites (N-methyl/N-ethyl adjacent to an activating group) is 1. The predicted octanol–water partition coefficient (Wildman–Crippen LogP) is 3.86. The molecule has 1 atom stereocenters. The van der Waals surface area contributed by atoms with E-state index in [1.807, 2.05) is 12.1 Å². The monoisotopic (exact) mass is 377 g/mol. The van der Waals surface area contributed by atoms with Gasteiger partial charge in [0.2, 0.25) is 0 Å². The first-order valence-electron chi connectivity index (χ1n) is 8.82. The van der Waals surface area contributed by atoms with Gasteiger partial charge in [-0.1, -0.05) is 12.1 Å². The lowest BCUT2D eigenvalue weighted by molar-refractivity contribution is 0.224. The highest BCUT2D eigenvalue weighted by Crippen LogP contribution is 2.29. The van der Waals surface area contributed by atoms with Crippen molar-refractivity contribution in [2.75, 3.05) is 27.8 Å². The minimum atomic E-state index is 0. The van der Waals surface area contributed by atoms with Crippen molar-refractivity contribution in [3.63, 3.8) is 0 Å². The molecule has 0 saturated carbocycles. The molecular formula is C21H28ClNO3. The largest absolute Gasteiger partial charge is 0.508 e. The quantitative estimate of drug-likeness (QED) is 0.829. The van der Waals surface area contributed by atoms with Gasteiger partial charge in [0.1, 0.15) is 5.75 Å². The number of ether oxygens (including phenoxy) is 2. The van der Waals surface area contributed by atoms with Crippen LogP contribution in [0.2, 0.25) is 0 Å². The molecule has 0 spiro atoms. The van der Waals surface area contributed by atoms with Crippen molar-refractivity contribution in [1.29, 1.82) is 0 Å². The van der Waals surface area contributed by atoms with Gasteiger partial charge in [-0.3, -0.25) is 0 Å². The lowest BCUT2D eigenvalue weighted by Crippen LogP contribution is -2.37. The van der Waals surface area contributed by atoms with E-state index in [0.717, 1.165) is 43.7 Å². The Morgan fingerprint density at radius 1 is 1.04 bits per heavy atom. The Hall–Kier alpha value is -1.91. The fourth-order valence-corrected chi connectivity index (χ4v) is 3.62. The summed E-state index contributed by atoms with van der Waals surface area (Å²) in [4.78, 5) is 2.45. The fraction of sp³-hybridized carbons (Fsp3) is 0.429. The molecule has 1 aliphatic rings. The lowest BCUT2D eigenvalue weighted by Gasteiger charge is -2.32.